The van der Waals surface area contributed by atoms with Crippen molar-refractivity contribution in [2.24, 2.45) is 5.73 Å². The molecule has 8 heteroatoms. The monoisotopic (exact) mass is 315 g/mol. The Morgan fingerprint density at radius 1 is 1.57 bits per heavy atom. The van der Waals surface area contributed by atoms with Gasteiger partial charge in [0.25, 0.3) is 0 Å². The first-order valence-electron chi connectivity index (χ1n) is 6.24. The van der Waals surface area contributed by atoms with Gasteiger partial charge >= 0.3 is 6.09 Å². The Labute approximate surface area is 125 Å². The van der Waals surface area contributed by atoms with E-state index in [2.05, 4.69) is 4.98 Å². The molecule has 0 saturated heterocycles. The fraction of sp³-hybridized carbons (Fsp3) is 0.385. The summed E-state index contributed by atoms with van der Waals surface area (Å²) in [6.45, 7) is 2.12. The van der Waals surface area contributed by atoms with Crippen LogP contribution in [0.15, 0.2) is 12.1 Å². The van der Waals surface area contributed by atoms with Crippen LogP contribution in [0, 0.1) is 5.82 Å². The van der Waals surface area contributed by atoms with Crippen molar-refractivity contribution < 1.29 is 18.7 Å². The summed E-state index contributed by atoms with van der Waals surface area (Å²) in [5.74, 6) is 0.150. The molecule has 1 amide bonds. The molecule has 0 saturated carbocycles. The van der Waals surface area contributed by atoms with Crippen molar-refractivity contribution in [2.75, 3.05) is 13.7 Å². The molecule has 0 aliphatic heterocycles. The molecule has 0 aliphatic rings. The van der Waals surface area contributed by atoms with E-state index in [1.54, 1.807) is 11.5 Å². The zero-order chi connectivity index (χ0) is 15.6. The van der Waals surface area contributed by atoms with Crippen molar-refractivity contribution in [1.82, 2.24) is 9.55 Å². The lowest BCUT2D eigenvalue weighted by Gasteiger charge is -2.10. The molecule has 114 valence electrons. The highest BCUT2D eigenvalue weighted by atomic mass is 35.5. The largest absolute Gasteiger partial charge is 0.494 e. The number of nitrogens with two attached hydrogens (primary N) is 1. The predicted octanol–water partition coefficient (Wildman–Crippen LogP) is 2.58. The topological polar surface area (TPSA) is 79.4 Å². The van der Waals surface area contributed by atoms with Gasteiger partial charge in [-0.1, -0.05) is 0 Å². The number of fused-ring (bicyclic) bond motifs is 1. The maximum Gasteiger partial charge on any atom is 0.404 e. The minimum atomic E-state index is -0.858. The molecule has 2 aromatic rings. The van der Waals surface area contributed by atoms with Crippen LogP contribution in [0.3, 0.4) is 0 Å². The second-order valence-corrected chi connectivity index (χ2v) is 5.04. The summed E-state index contributed by atoms with van der Waals surface area (Å²) in [6, 6.07) is 2.81. The molecule has 1 atom stereocenters. The first-order valence-corrected chi connectivity index (χ1v) is 6.67. The van der Waals surface area contributed by atoms with Crippen LogP contribution in [0.1, 0.15) is 18.1 Å². The summed E-state index contributed by atoms with van der Waals surface area (Å²) in [7, 11) is 1.38. The number of primary amides is 1. The molecular formula is C13H15ClFN3O3. The number of hydrogen-bond acceptors (Lipinski definition) is 4. The number of methoxy groups -OCH3 is 1. The van der Waals surface area contributed by atoms with E-state index >= 15 is 0 Å². The van der Waals surface area contributed by atoms with Crippen LogP contribution in [-0.2, 0) is 11.3 Å². The van der Waals surface area contributed by atoms with Crippen LogP contribution < -0.4 is 10.5 Å². The van der Waals surface area contributed by atoms with Gasteiger partial charge in [0.2, 0.25) is 0 Å². The summed E-state index contributed by atoms with van der Waals surface area (Å²) in [5.41, 5.74) is 6.02. The fourth-order valence-corrected chi connectivity index (χ4v) is 2.24. The third-order valence-electron chi connectivity index (χ3n) is 2.97. The minimum Gasteiger partial charge on any atom is -0.494 e. The lowest BCUT2D eigenvalue weighted by Crippen LogP contribution is -2.17. The van der Waals surface area contributed by atoms with E-state index in [1.165, 1.54) is 19.2 Å². The van der Waals surface area contributed by atoms with Crippen LogP contribution in [0.4, 0.5) is 9.18 Å². The highest BCUT2D eigenvalue weighted by molar-refractivity contribution is 6.20. The fourth-order valence-electron chi connectivity index (χ4n) is 2.08. The van der Waals surface area contributed by atoms with Crippen LogP contribution in [0.2, 0.25) is 0 Å². The first kappa shape index (κ1) is 15.4. The van der Waals surface area contributed by atoms with Crippen LogP contribution in [-0.4, -0.2) is 29.4 Å². The summed E-state index contributed by atoms with van der Waals surface area (Å²) < 4.78 is 25.2. The van der Waals surface area contributed by atoms with E-state index in [0.717, 1.165) is 0 Å². The van der Waals surface area contributed by atoms with E-state index < -0.39 is 11.9 Å². The Bertz CT molecular complexity index is 672. The SMILES string of the molecule is COc1cc2c(cc1F)nc(C(C)Cl)n2CCOC(N)=O. The summed E-state index contributed by atoms with van der Waals surface area (Å²) >= 11 is 6.09. The molecule has 1 aromatic heterocycles. The van der Waals surface area contributed by atoms with Crippen molar-refractivity contribution in [3.63, 3.8) is 0 Å². The normalized spacial score (nSPS) is 12.4. The highest BCUT2D eigenvalue weighted by Crippen LogP contribution is 2.29. The first-order chi connectivity index (χ1) is 9.93. The third-order valence-corrected chi connectivity index (χ3v) is 3.16. The molecule has 21 heavy (non-hydrogen) atoms. The van der Waals surface area contributed by atoms with Gasteiger partial charge in [-0.25, -0.2) is 14.2 Å². The molecule has 0 aliphatic carbocycles. The number of halogens is 2. The predicted molar refractivity (Wildman–Crippen MR) is 76.0 cm³/mol. The lowest BCUT2D eigenvalue weighted by atomic mass is 10.3. The van der Waals surface area contributed by atoms with Crippen LogP contribution in [0.5, 0.6) is 5.75 Å². The van der Waals surface area contributed by atoms with Gasteiger partial charge in [-0.2, -0.15) is 0 Å². The second-order valence-electron chi connectivity index (χ2n) is 4.38. The van der Waals surface area contributed by atoms with E-state index in [-0.39, 0.29) is 17.7 Å². The molecule has 6 nitrogen and oxygen atoms in total. The zero-order valence-electron chi connectivity index (χ0n) is 11.6. The number of carbonyl (C=O) groups is 1. The van der Waals surface area contributed by atoms with E-state index in [4.69, 9.17) is 26.8 Å². The highest BCUT2D eigenvalue weighted by Gasteiger charge is 2.17. The average molecular weight is 316 g/mol. The lowest BCUT2D eigenvalue weighted by molar-refractivity contribution is 0.152. The number of imidazole rings is 1. The Morgan fingerprint density at radius 3 is 2.86 bits per heavy atom. The molecule has 2 N–H and O–H groups in total. The second kappa shape index (κ2) is 6.17. The summed E-state index contributed by atoms with van der Waals surface area (Å²) in [6.07, 6.45) is -0.858. The van der Waals surface area contributed by atoms with Gasteiger partial charge in [0.1, 0.15) is 12.4 Å². The molecule has 0 bridgehead atoms. The number of carbonyl (C=O) groups excluding carboxylic acids is 1. The average Bonchev–Trinajstić information content (AvgIpc) is 2.75. The van der Waals surface area contributed by atoms with Gasteiger partial charge in [0.15, 0.2) is 11.6 Å². The van der Waals surface area contributed by atoms with E-state index in [0.29, 0.717) is 23.4 Å². The molecule has 1 unspecified atom stereocenters. The van der Waals surface area contributed by atoms with Crippen molar-refractivity contribution in [2.45, 2.75) is 18.8 Å². The number of benzene rings is 1. The Kier molecular flexibility index (Phi) is 4.52. The van der Waals surface area contributed by atoms with Crippen molar-refractivity contribution >= 4 is 28.7 Å². The number of aromatic nitrogens is 2. The smallest absolute Gasteiger partial charge is 0.404 e. The van der Waals surface area contributed by atoms with Gasteiger partial charge in [0.05, 0.1) is 30.1 Å². The summed E-state index contributed by atoms with van der Waals surface area (Å²) in [5, 5.41) is -0.389. The van der Waals surface area contributed by atoms with Gasteiger partial charge < -0.3 is 19.8 Å². The molecule has 0 spiro atoms. The Hall–Kier alpha value is -2.02. The molecule has 1 heterocycles. The number of nitrogens with zero attached hydrogens (tertiary/aromatic N) is 2. The number of rotatable bonds is 5. The Morgan fingerprint density at radius 2 is 2.29 bits per heavy atom. The van der Waals surface area contributed by atoms with Gasteiger partial charge in [-0.05, 0) is 6.92 Å². The standard InChI is InChI=1S/C13H15ClFN3O3/c1-7(14)12-17-9-5-8(15)11(20-2)6-10(9)18(12)3-4-21-13(16)19/h5-7H,3-4H2,1-2H3,(H2,16,19). The Balaban J connectivity index is 2.47. The summed E-state index contributed by atoms with van der Waals surface area (Å²) in [4.78, 5) is 14.9. The van der Waals surface area contributed by atoms with Gasteiger partial charge in [0, 0.05) is 12.1 Å². The van der Waals surface area contributed by atoms with E-state index in [1.807, 2.05) is 0 Å². The number of amides is 1. The van der Waals surface area contributed by atoms with Gasteiger partial charge in [-0.15, -0.1) is 11.6 Å². The molecule has 0 fully saturated rings. The maximum atomic E-state index is 13.7. The quantitative estimate of drug-likeness (QED) is 0.860. The van der Waals surface area contributed by atoms with Crippen molar-refractivity contribution in [3.8, 4) is 5.75 Å². The van der Waals surface area contributed by atoms with Crippen molar-refractivity contribution in [3.05, 3.63) is 23.8 Å². The van der Waals surface area contributed by atoms with E-state index in [9.17, 15) is 9.18 Å². The third kappa shape index (κ3) is 3.18. The van der Waals surface area contributed by atoms with Crippen LogP contribution in [0.25, 0.3) is 11.0 Å². The van der Waals surface area contributed by atoms with Crippen LogP contribution >= 0.6 is 11.6 Å². The number of hydrogen-bond donors (Lipinski definition) is 1. The number of alkyl halides is 1. The van der Waals surface area contributed by atoms with Gasteiger partial charge in [-0.3, -0.25) is 0 Å². The van der Waals surface area contributed by atoms with Crippen molar-refractivity contribution in [1.29, 1.82) is 0 Å². The molecule has 2 rings (SSSR count). The zero-order valence-corrected chi connectivity index (χ0v) is 12.4. The minimum absolute atomic E-state index is 0.0666. The number of ether oxygens (including phenoxy) is 2. The molecule has 1 aromatic carbocycles. The maximum absolute atomic E-state index is 13.7. The molecule has 0 radical (unpaired) electrons. The molecular weight excluding hydrogens is 301 g/mol.